The Bertz CT molecular complexity index is 3960. The van der Waals surface area contributed by atoms with E-state index in [9.17, 15) is 52.8 Å². The SMILES string of the molecule is C/C(=C\C(=O)N[C@H]1CCc2cccc3c2N(C1=O)[C@H](C(=O)N[C@@H](CCC(N)=O)[C@@H](C)OCc1ccc(CCCC(=O)N[C@H](C(=O)N2C[C@H](O)C[C@H]2C(=O)NCc2ccc(-c4scnc4C)cc2)C(C)(C)C)cc1)C3)c1ccc(C(F)(F)P(=O)(OCOC(=O)C(C)(C)C)OCOC(=O)C(C)(C)C)cc1. The molecule has 28 heteroatoms. The fourth-order valence-electron chi connectivity index (χ4n) is 12.1. The highest BCUT2D eigenvalue weighted by atomic mass is 32.1. The maximum Gasteiger partial charge on any atom is 0.410 e. The molecule has 556 valence electrons. The number of aromatic nitrogens is 1. The molecule has 8 rings (SSSR count). The summed E-state index contributed by atoms with van der Waals surface area (Å²) >= 11 is 1.55. The number of hydrogen-bond donors (Lipinski definition) is 6. The van der Waals surface area contributed by atoms with Gasteiger partial charge in [0.15, 0.2) is 0 Å². The van der Waals surface area contributed by atoms with Crippen LogP contribution >= 0.6 is 18.9 Å². The molecular formula is C75H95F2N8O16PS. The normalized spacial score (nSPS) is 18.0. The fraction of sp³-hybridized carbons (Fsp3) is 0.493. The Hall–Kier alpha value is -8.59. The van der Waals surface area contributed by atoms with Gasteiger partial charge in [-0.2, -0.15) is 8.78 Å². The van der Waals surface area contributed by atoms with Crippen molar-refractivity contribution in [3.8, 4) is 10.4 Å². The van der Waals surface area contributed by atoms with Gasteiger partial charge in [0.05, 0.1) is 57.5 Å². The molecule has 24 nitrogen and oxygen atoms in total. The summed E-state index contributed by atoms with van der Waals surface area (Å²) in [5.41, 5.74) is 6.49. The van der Waals surface area contributed by atoms with Crippen molar-refractivity contribution in [1.82, 2.24) is 31.2 Å². The number of ether oxygens (including phenoxy) is 3. The zero-order valence-corrected chi connectivity index (χ0v) is 62.1. The third kappa shape index (κ3) is 20.7. The number of para-hydroxylation sites is 1. The number of benzene rings is 4. The number of esters is 2. The number of rotatable bonds is 30. The van der Waals surface area contributed by atoms with E-state index in [1.54, 1.807) is 23.8 Å². The van der Waals surface area contributed by atoms with Crippen LogP contribution in [-0.2, 0) is 109 Å². The Morgan fingerprint density at radius 2 is 1.41 bits per heavy atom. The number of likely N-dealkylation sites (tertiary alicyclic amines) is 1. The average molecular weight is 1470 g/mol. The first-order valence-electron chi connectivity index (χ1n) is 34.3. The van der Waals surface area contributed by atoms with Crippen LogP contribution < -0.4 is 31.9 Å². The monoisotopic (exact) mass is 1460 g/mol. The summed E-state index contributed by atoms with van der Waals surface area (Å²) in [6, 6.07) is 20.4. The number of aryl methyl sites for hydroxylation is 3. The van der Waals surface area contributed by atoms with Crippen LogP contribution in [0.5, 0.6) is 0 Å². The van der Waals surface area contributed by atoms with Crippen molar-refractivity contribution in [3.05, 3.63) is 147 Å². The lowest BCUT2D eigenvalue weighted by atomic mass is 9.85. The van der Waals surface area contributed by atoms with Crippen molar-refractivity contribution < 1.29 is 84.9 Å². The van der Waals surface area contributed by atoms with Gasteiger partial charge in [0.25, 0.3) is 0 Å². The summed E-state index contributed by atoms with van der Waals surface area (Å²) < 4.78 is 72.7. The van der Waals surface area contributed by atoms with Gasteiger partial charge in [-0.05, 0) is 144 Å². The minimum absolute atomic E-state index is 0.0525. The Kier molecular flexibility index (Phi) is 26.4. The number of nitrogens with two attached hydrogens (primary N) is 1. The van der Waals surface area contributed by atoms with E-state index in [0.29, 0.717) is 24.9 Å². The second kappa shape index (κ2) is 33.9. The van der Waals surface area contributed by atoms with Crippen molar-refractivity contribution in [3.63, 3.8) is 0 Å². The molecule has 0 saturated carbocycles. The number of carbonyl (C=O) groups excluding carboxylic acids is 9. The van der Waals surface area contributed by atoms with E-state index in [4.69, 9.17) is 29.0 Å². The Morgan fingerprint density at radius 3 is 2.00 bits per heavy atom. The predicted molar refractivity (Wildman–Crippen MR) is 382 cm³/mol. The zero-order chi connectivity index (χ0) is 75.5. The highest BCUT2D eigenvalue weighted by molar-refractivity contribution is 7.54. The smallest absolute Gasteiger partial charge is 0.410 e. The van der Waals surface area contributed by atoms with E-state index in [1.807, 2.05) is 94.4 Å². The maximum atomic E-state index is 16.3. The quantitative estimate of drug-likeness (QED) is 0.0108. The van der Waals surface area contributed by atoms with E-state index >= 15 is 8.78 Å². The molecule has 3 aliphatic rings. The first-order chi connectivity index (χ1) is 48.3. The van der Waals surface area contributed by atoms with Gasteiger partial charge in [0.2, 0.25) is 54.9 Å². The standard InChI is InChI=1S/C75H95F2N8O16PS/c1-44(50-27-30-54(31-28-50)75(76,77)102(96,100-42-98-70(94)73(7,8)9)101-43-99-71(95)74(10,11)12)35-62(89)81-57-32-29-51-16-14-17-53-36-59(85(63(51)53)68(57)92)67(91)82-56(33-34-60(78)87)46(3)97-40-49-21-19-47(20-22-49)15-13-18-61(88)83-65(72(4,5)6)69(93)84-39-55(86)37-58(84)66(90)79-38-48-23-25-52(26-24-48)64-45(2)80-41-103-64/h14,16-17,19-28,30-31,35,41,46,55-59,65,86H,13,15,18,29,32-34,36-40,42-43H2,1-12H3,(H2,78,87)(H,79,90)(H,81,89)(H,82,91)(H,83,88)/b44-35+/t46-,55-,56+,57+,58+,59+,65-/m1/s1. The number of nitrogens with one attached hydrogen (secondary N) is 4. The minimum atomic E-state index is -5.62. The number of β-amino-alcohol motifs (C(OH)–C–C–N with tert-alkyl or cyclic N) is 1. The molecule has 0 radical (unpaired) electrons. The van der Waals surface area contributed by atoms with Crippen LogP contribution in [0.3, 0.4) is 0 Å². The zero-order valence-electron chi connectivity index (χ0n) is 60.4. The molecule has 1 fully saturated rings. The molecule has 7 atom stereocenters. The molecular weight excluding hydrogens is 1370 g/mol. The molecule has 0 unspecified atom stereocenters. The number of hydrogen-bond acceptors (Lipinski definition) is 18. The van der Waals surface area contributed by atoms with Crippen LogP contribution in [0.15, 0.2) is 103 Å². The summed E-state index contributed by atoms with van der Waals surface area (Å²) in [4.78, 5) is 130. The number of aliphatic hydroxyl groups excluding tert-OH is 1. The van der Waals surface area contributed by atoms with Crippen LogP contribution in [0.4, 0.5) is 14.5 Å². The molecule has 0 bridgehead atoms. The number of nitrogens with zero attached hydrogens (tertiary/aromatic N) is 3. The molecule has 1 saturated heterocycles. The summed E-state index contributed by atoms with van der Waals surface area (Å²) in [6.07, 6.45) is 1.40. The topological polar surface area (TPSA) is 331 Å². The molecule has 1 aromatic heterocycles. The number of primary amides is 1. The maximum absolute atomic E-state index is 16.3. The summed E-state index contributed by atoms with van der Waals surface area (Å²) in [6.45, 7) is 17.7. The van der Waals surface area contributed by atoms with E-state index in [-0.39, 0.29) is 75.3 Å². The van der Waals surface area contributed by atoms with Crippen LogP contribution in [0.25, 0.3) is 16.0 Å². The number of alkyl halides is 2. The molecule has 4 aromatic carbocycles. The molecule has 4 heterocycles. The fourth-order valence-corrected chi connectivity index (χ4v) is 14.2. The first-order valence-corrected chi connectivity index (χ1v) is 36.8. The van der Waals surface area contributed by atoms with Gasteiger partial charge >= 0.3 is 25.2 Å². The van der Waals surface area contributed by atoms with E-state index < -0.39 is 138 Å². The lowest BCUT2D eigenvalue weighted by molar-refractivity contribution is -0.163. The van der Waals surface area contributed by atoms with E-state index in [2.05, 4.69) is 26.3 Å². The molecule has 0 aliphatic carbocycles. The van der Waals surface area contributed by atoms with Crippen molar-refractivity contribution in [2.24, 2.45) is 22.0 Å². The highest BCUT2D eigenvalue weighted by Gasteiger charge is 2.56. The highest BCUT2D eigenvalue weighted by Crippen LogP contribution is 2.67. The van der Waals surface area contributed by atoms with Crippen molar-refractivity contribution >= 4 is 83.5 Å². The number of carbonyl (C=O) groups is 9. The van der Waals surface area contributed by atoms with Crippen LogP contribution in [0.2, 0.25) is 0 Å². The summed E-state index contributed by atoms with van der Waals surface area (Å²) in [7, 11) is -5.62. The predicted octanol–water partition coefficient (Wildman–Crippen LogP) is 9.77. The molecule has 103 heavy (non-hydrogen) atoms. The van der Waals surface area contributed by atoms with Gasteiger partial charge < -0.3 is 51.2 Å². The summed E-state index contributed by atoms with van der Waals surface area (Å²) in [5, 5.41) is 22.4. The molecule has 5 aromatic rings. The molecule has 7 amide bonds. The number of amides is 7. The number of anilines is 1. The van der Waals surface area contributed by atoms with Crippen LogP contribution in [0.1, 0.15) is 159 Å². The van der Waals surface area contributed by atoms with Gasteiger partial charge in [-0.3, -0.25) is 61.7 Å². The van der Waals surface area contributed by atoms with Gasteiger partial charge in [0.1, 0.15) is 24.2 Å². The second-order valence-electron chi connectivity index (χ2n) is 29.5. The minimum Gasteiger partial charge on any atom is -0.438 e. The molecule has 7 N–H and O–H groups in total. The molecule has 3 aliphatic heterocycles. The second-order valence-corrected chi connectivity index (χ2v) is 32.4. The van der Waals surface area contributed by atoms with E-state index in [1.165, 1.54) is 76.5 Å². The number of thiazole rings is 1. The third-order valence-corrected chi connectivity index (χ3v) is 21.0. The van der Waals surface area contributed by atoms with Crippen molar-refractivity contribution in [1.29, 1.82) is 0 Å². The number of halogens is 2. The van der Waals surface area contributed by atoms with Gasteiger partial charge in [-0.1, -0.05) is 112 Å². The van der Waals surface area contributed by atoms with Gasteiger partial charge in [-0.25, -0.2) is 4.98 Å². The van der Waals surface area contributed by atoms with Gasteiger partial charge in [-0.15, -0.1) is 11.3 Å². The Labute approximate surface area is 603 Å². The average Bonchev–Trinajstić information content (AvgIpc) is 1.66. The lowest BCUT2D eigenvalue weighted by Crippen LogP contribution is -2.57. The molecule has 0 spiro atoms. The number of allylic oxidation sites excluding steroid dienone is 1. The Morgan fingerprint density at radius 1 is 0.796 bits per heavy atom. The van der Waals surface area contributed by atoms with Crippen molar-refractivity contribution in [2.45, 2.75) is 202 Å². The Balaban J connectivity index is 0.840. The largest absolute Gasteiger partial charge is 0.438 e. The van der Waals surface area contributed by atoms with Crippen LogP contribution in [-0.4, -0.2) is 131 Å². The van der Waals surface area contributed by atoms with Crippen LogP contribution in [0, 0.1) is 23.2 Å². The van der Waals surface area contributed by atoms with Crippen molar-refractivity contribution in [2.75, 3.05) is 25.0 Å². The summed E-state index contributed by atoms with van der Waals surface area (Å²) in [5.74, 6) is -5.28. The third-order valence-electron chi connectivity index (χ3n) is 18.2. The lowest BCUT2D eigenvalue weighted by Gasteiger charge is -2.35. The van der Waals surface area contributed by atoms with E-state index in [0.717, 1.165) is 56.1 Å². The van der Waals surface area contributed by atoms with Gasteiger partial charge in [0, 0.05) is 50.4 Å². The first kappa shape index (κ1) is 80.1. The number of aliphatic hydroxyl groups is 1.